The van der Waals surface area contributed by atoms with E-state index in [-0.39, 0.29) is 31.0 Å². The summed E-state index contributed by atoms with van der Waals surface area (Å²) in [5.41, 5.74) is 0.617. The Morgan fingerprint density at radius 1 is 1.06 bits per heavy atom. The summed E-state index contributed by atoms with van der Waals surface area (Å²) in [6, 6.07) is 13.9. The van der Waals surface area contributed by atoms with Gasteiger partial charge in [-0.15, -0.1) is 0 Å². The summed E-state index contributed by atoms with van der Waals surface area (Å²) in [6.07, 6.45) is 4.65. The van der Waals surface area contributed by atoms with Crippen LogP contribution in [0.25, 0.3) is 0 Å². The van der Waals surface area contributed by atoms with Gasteiger partial charge in [0.1, 0.15) is 11.8 Å². The molecule has 0 saturated heterocycles. The number of hydrogen-bond acceptors (Lipinski definition) is 3. The Bertz CT molecular complexity index is 865. The van der Waals surface area contributed by atoms with Crippen molar-refractivity contribution >= 4 is 35.0 Å². The highest BCUT2D eigenvalue weighted by Gasteiger charge is 2.31. The van der Waals surface area contributed by atoms with E-state index in [1.165, 1.54) is 4.90 Å². The number of hydrogen-bond donors (Lipinski definition) is 1. The number of para-hydroxylation sites is 1. The maximum atomic E-state index is 13.2. The highest BCUT2D eigenvalue weighted by molar-refractivity contribution is 6.36. The second-order valence-electron chi connectivity index (χ2n) is 7.74. The number of ether oxygens (including phenoxy) is 1. The van der Waals surface area contributed by atoms with Crippen LogP contribution in [0.5, 0.6) is 5.75 Å². The number of nitrogens with zero attached hydrogens (tertiary/aromatic N) is 1. The molecule has 3 rings (SSSR count). The predicted molar refractivity (Wildman–Crippen MR) is 123 cm³/mol. The molecule has 0 aromatic heterocycles. The molecule has 1 unspecified atom stereocenters. The minimum atomic E-state index is -0.639. The molecule has 1 fully saturated rings. The van der Waals surface area contributed by atoms with Crippen LogP contribution in [0, 0.1) is 0 Å². The lowest BCUT2D eigenvalue weighted by Gasteiger charge is -2.32. The smallest absolute Gasteiger partial charge is 0.261 e. The summed E-state index contributed by atoms with van der Waals surface area (Å²) in [5.74, 6) is 0.147. The van der Waals surface area contributed by atoms with Crippen molar-refractivity contribution in [1.82, 2.24) is 10.2 Å². The van der Waals surface area contributed by atoms with Crippen molar-refractivity contribution in [2.24, 2.45) is 0 Å². The van der Waals surface area contributed by atoms with Crippen molar-refractivity contribution in [3.8, 4) is 5.75 Å². The zero-order valence-electron chi connectivity index (χ0n) is 17.7. The van der Waals surface area contributed by atoms with E-state index < -0.39 is 6.04 Å². The average Bonchev–Trinajstić information content (AvgIpc) is 3.27. The van der Waals surface area contributed by atoms with Gasteiger partial charge in [0.25, 0.3) is 5.91 Å². The van der Waals surface area contributed by atoms with Crippen molar-refractivity contribution in [1.29, 1.82) is 0 Å². The lowest BCUT2D eigenvalue weighted by molar-refractivity contribution is -0.143. The highest BCUT2D eigenvalue weighted by Crippen LogP contribution is 2.27. The van der Waals surface area contributed by atoms with Gasteiger partial charge in [-0.05, 0) is 43.5 Å². The van der Waals surface area contributed by atoms with Crippen LogP contribution in [-0.4, -0.2) is 35.4 Å². The fourth-order valence-corrected chi connectivity index (χ4v) is 4.40. The van der Waals surface area contributed by atoms with E-state index in [0.717, 1.165) is 25.7 Å². The van der Waals surface area contributed by atoms with Gasteiger partial charge in [-0.1, -0.05) is 67.2 Å². The van der Waals surface area contributed by atoms with Gasteiger partial charge in [-0.25, -0.2) is 0 Å². The molecule has 0 heterocycles. The van der Waals surface area contributed by atoms with Gasteiger partial charge in [-0.3, -0.25) is 9.59 Å². The van der Waals surface area contributed by atoms with Gasteiger partial charge >= 0.3 is 0 Å². The highest BCUT2D eigenvalue weighted by atomic mass is 35.5. The van der Waals surface area contributed by atoms with E-state index in [1.54, 1.807) is 30.3 Å². The van der Waals surface area contributed by atoms with Crippen LogP contribution in [0.4, 0.5) is 0 Å². The summed E-state index contributed by atoms with van der Waals surface area (Å²) in [4.78, 5) is 27.8. The van der Waals surface area contributed by atoms with Crippen molar-refractivity contribution in [2.75, 3.05) is 6.61 Å². The molecule has 2 amide bonds. The van der Waals surface area contributed by atoms with Gasteiger partial charge in [0.05, 0.1) is 0 Å². The molecule has 7 heteroatoms. The Morgan fingerprint density at radius 3 is 2.32 bits per heavy atom. The number of amides is 2. The molecule has 2 aromatic rings. The molecule has 1 N–H and O–H groups in total. The maximum absolute atomic E-state index is 13.2. The zero-order valence-corrected chi connectivity index (χ0v) is 19.2. The molecule has 0 spiro atoms. The van der Waals surface area contributed by atoms with E-state index in [2.05, 4.69) is 5.32 Å². The van der Waals surface area contributed by atoms with Crippen LogP contribution in [0.3, 0.4) is 0 Å². The van der Waals surface area contributed by atoms with Crippen molar-refractivity contribution < 1.29 is 14.3 Å². The van der Waals surface area contributed by atoms with Crippen LogP contribution in [-0.2, 0) is 16.1 Å². The number of carbonyl (C=O) groups is 2. The first kappa shape index (κ1) is 23.4. The first-order chi connectivity index (χ1) is 15.0. The maximum Gasteiger partial charge on any atom is 0.261 e. The van der Waals surface area contributed by atoms with Crippen LogP contribution in [0.1, 0.15) is 44.6 Å². The van der Waals surface area contributed by atoms with Gasteiger partial charge in [0.2, 0.25) is 5.91 Å². The Labute approximate surface area is 193 Å². The molecule has 0 bridgehead atoms. The molecule has 1 aliphatic carbocycles. The van der Waals surface area contributed by atoms with Crippen molar-refractivity contribution in [3.63, 3.8) is 0 Å². The predicted octanol–water partition coefficient (Wildman–Crippen LogP) is 5.24. The van der Waals surface area contributed by atoms with Gasteiger partial charge in [0, 0.05) is 28.2 Å². The van der Waals surface area contributed by atoms with Gasteiger partial charge < -0.3 is 15.0 Å². The Balaban J connectivity index is 1.80. The van der Waals surface area contributed by atoms with Crippen molar-refractivity contribution in [2.45, 2.75) is 57.7 Å². The second-order valence-corrected chi connectivity index (χ2v) is 8.55. The molecule has 31 heavy (non-hydrogen) atoms. The molecular formula is C24H28Cl2N2O3. The fourth-order valence-electron chi connectivity index (χ4n) is 3.89. The summed E-state index contributed by atoms with van der Waals surface area (Å²) in [5, 5.41) is 4.03. The molecule has 1 atom stereocenters. The molecule has 1 saturated carbocycles. The summed E-state index contributed by atoms with van der Waals surface area (Å²) in [6.45, 7) is 1.84. The SMILES string of the molecule is CCC(C(=O)NC1CCCC1)N(Cc1c(Cl)cccc1Cl)C(=O)COc1ccccc1. The van der Waals surface area contributed by atoms with Crippen LogP contribution in [0.15, 0.2) is 48.5 Å². The third-order valence-electron chi connectivity index (χ3n) is 5.58. The summed E-state index contributed by atoms with van der Waals surface area (Å²) in [7, 11) is 0. The fraction of sp³-hybridized carbons (Fsp3) is 0.417. The molecular weight excluding hydrogens is 435 g/mol. The van der Waals surface area contributed by atoms with Crippen molar-refractivity contribution in [3.05, 3.63) is 64.1 Å². The number of nitrogens with one attached hydrogen (secondary N) is 1. The Kier molecular flexibility index (Phi) is 8.61. The average molecular weight is 463 g/mol. The molecule has 5 nitrogen and oxygen atoms in total. The largest absolute Gasteiger partial charge is 0.484 e. The Hall–Kier alpha value is -2.24. The van der Waals surface area contributed by atoms with Gasteiger partial charge in [-0.2, -0.15) is 0 Å². The topological polar surface area (TPSA) is 58.6 Å². The van der Waals surface area contributed by atoms with E-state index in [1.807, 2.05) is 25.1 Å². The number of rotatable bonds is 9. The van der Waals surface area contributed by atoms with E-state index in [0.29, 0.717) is 27.8 Å². The normalized spacial score (nSPS) is 14.8. The lowest BCUT2D eigenvalue weighted by Crippen LogP contribution is -2.52. The summed E-state index contributed by atoms with van der Waals surface area (Å²) < 4.78 is 5.67. The van der Waals surface area contributed by atoms with E-state index in [4.69, 9.17) is 27.9 Å². The summed E-state index contributed by atoms with van der Waals surface area (Å²) >= 11 is 12.7. The third kappa shape index (κ3) is 6.37. The molecule has 166 valence electrons. The number of benzene rings is 2. The van der Waals surface area contributed by atoms with Crippen LogP contribution in [0.2, 0.25) is 10.0 Å². The number of carbonyl (C=O) groups excluding carboxylic acids is 2. The molecule has 0 aliphatic heterocycles. The minimum Gasteiger partial charge on any atom is -0.484 e. The number of halogens is 2. The monoisotopic (exact) mass is 462 g/mol. The molecule has 1 aliphatic rings. The molecule has 0 radical (unpaired) electrons. The molecule has 2 aromatic carbocycles. The standard InChI is InChI=1S/C24H28Cl2N2O3/c1-2-22(24(30)27-17-9-6-7-10-17)28(15-19-20(25)13-8-14-21(19)26)23(29)16-31-18-11-4-3-5-12-18/h3-5,8,11-14,17,22H,2,6-7,9-10,15-16H2,1H3,(H,27,30). The quantitative estimate of drug-likeness (QED) is 0.554. The second kappa shape index (κ2) is 11.4. The first-order valence-corrected chi connectivity index (χ1v) is 11.5. The minimum absolute atomic E-state index is 0.131. The lowest BCUT2D eigenvalue weighted by atomic mass is 10.1. The van der Waals surface area contributed by atoms with E-state index >= 15 is 0 Å². The first-order valence-electron chi connectivity index (χ1n) is 10.7. The van der Waals surface area contributed by atoms with Crippen LogP contribution >= 0.6 is 23.2 Å². The Morgan fingerprint density at radius 2 is 1.71 bits per heavy atom. The zero-order chi connectivity index (χ0) is 22.2. The third-order valence-corrected chi connectivity index (χ3v) is 6.29. The van der Waals surface area contributed by atoms with Crippen LogP contribution < -0.4 is 10.1 Å². The van der Waals surface area contributed by atoms with Gasteiger partial charge in [0.15, 0.2) is 6.61 Å². The van der Waals surface area contributed by atoms with E-state index in [9.17, 15) is 9.59 Å².